The number of allylic oxidation sites excluding steroid dienone is 1. The predicted molar refractivity (Wildman–Crippen MR) is 81.2 cm³/mol. The highest BCUT2D eigenvalue weighted by molar-refractivity contribution is 9.12. The zero-order valence-corrected chi connectivity index (χ0v) is 13.0. The van der Waals surface area contributed by atoms with Gasteiger partial charge in [-0.25, -0.2) is 4.98 Å². The van der Waals surface area contributed by atoms with Crippen molar-refractivity contribution in [3.63, 3.8) is 0 Å². The van der Waals surface area contributed by atoms with Crippen molar-refractivity contribution in [3.05, 3.63) is 34.6 Å². The lowest BCUT2D eigenvalue weighted by molar-refractivity contribution is 0.254. The molecule has 0 fully saturated rings. The summed E-state index contributed by atoms with van der Waals surface area (Å²) >= 11 is 3.34. The van der Waals surface area contributed by atoms with Gasteiger partial charge >= 0.3 is 0 Å². The zero-order chi connectivity index (χ0) is 14.3. The summed E-state index contributed by atoms with van der Waals surface area (Å²) in [4.78, 5) is 6.18. The van der Waals surface area contributed by atoms with E-state index < -0.39 is 0 Å². The van der Waals surface area contributed by atoms with E-state index in [1.165, 1.54) is 0 Å². The Labute approximate surface area is 122 Å². The fourth-order valence-corrected chi connectivity index (χ4v) is 1.77. The smallest absolute Gasteiger partial charge is 0.213 e. The second-order valence-electron chi connectivity index (χ2n) is 4.19. The van der Waals surface area contributed by atoms with Crippen LogP contribution in [0.5, 0.6) is 5.88 Å². The number of likely N-dealkylation sites (N-methyl/N-ethyl adjacent to an activating group) is 1. The number of nitrogens with zero attached hydrogens (tertiary/aromatic N) is 2. The molecule has 0 aliphatic heterocycles. The quantitative estimate of drug-likeness (QED) is 0.751. The van der Waals surface area contributed by atoms with Crippen LogP contribution < -0.4 is 10.1 Å². The van der Waals surface area contributed by atoms with Gasteiger partial charge in [0.15, 0.2) is 0 Å². The number of nitrogens with one attached hydrogen (secondary N) is 2. The molecule has 0 aliphatic rings. The molecule has 0 aromatic carbocycles. The first-order chi connectivity index (χ1) is 9.04. The van der Waals surface area contributed by atoms with Crippen LogP contribution in [-0.4, -0.2) is 49.9 Å². The van der Waals surface area contributed by atoms with E-state index in [1.807, 2.05) is 19.0 Å². The molecule has 0 amide bonds. The fraction of sp³-hybridized carbons (Fsp3) is 0.385. The van der Waals surface area contributed by atoms with Crippen LogP contribution in [0.4, 0.5) is 0 Å². The standard InChI is InChI=1S/C13H19BrN4O/c1-16-9-11(14)13(15)10-4-5-17-12(8-10)19-7-6-18(2)3/h4-5,8-9,15-16H,6-7H2,1-3H3/b11-9+,15-13?. The molecular weight excluding hydrogens is 308 g/mol. The van der Waals surface area contributed by atoms with Crippen molar-refractivity contribution in [2.75, 3.05) is 34.3 Å². The number of ether oxygens (including phenoxy) is 1. The van der Waals surface area contributed by atoms with Crippen molar-refractivity contribution in [2.45, 2.75) is 0 Å². The van der Waals surface area contributed by atoms with E-state index in [4.69, 9.17) is 10.1 Å². The van der Waals surface area contributed by atoms with E-state index in [0.29, 0.717) is 22.7 Å². The van der Waals surface area contributed by atoms with Crippen LogP contribution in [0.25, 0.3) is 0 Å². The first kappa shape index (κ1) is 15.7. The molecule has 0 radical (unpaired) electrons. The fourth-order valence-electron chi connectivity index (χ4n) is 1.31. The van der Waals surface area contributed by atoms with Gasteiger partial charge in [-0.3, -0.25) is 5.41 Å². The number of hydrogen-bond donors (Lipinski definition) is 2. The Balaban J connectivity index is 2.71. The molecule has 0 spiro atoms. The molecule has 6 heteroatoms. The van der Waals surface area contributed by atoms with Crippen LogP contribution in [0.3, 0.4) is 0 Å². The van der Waals surface area contributed by atoms with Gasteiger partial charge in [0.05, 0.1) is 10.2 Å². The highest BCUT2D eigenvalue weighted by Gasteiger charge is 2.07. The second-order valence-corrected chi connectivity index (χ2v) is 5.04. The molecule has 104 valence electrons. The molecule has 0 unspecified atom stereocenters. The summed E-state index contributed by atoms with van der Waals surface area (Å²) in [6.07, 6.45) is 3.36. The monoisotopic (exact) mass is 326 g/mol. The number of rotatable bonds is 7. The largest absolute Gasteiger partial charge is 0.476 e. The minimum absolute atomic E-state index is 0.384. The summed E-state index contributed by atoms with van der Waals surface area (Å²) in [5.41, 5.74) is 1.14. The Morgan fingerprint density at radius 3 is 2.95 bits per heavy atom. The van der Waals surface area contributed by atoms with Gasteiger partial charge < -0.3 is 15.0 Å². The van der Waals surface area contributed by atoms with Crippen LogP contribution in [0, 0.1) is 5.41 Å². The van der Waals surface area contributed by atoms with E-state index in [0.717, 1.165) is 12.1 Å². The van der Waals surface area contributed by atoms with Crippen molar-refractivity contribution in [1.82, 2.24) is 15.2 Å². The van der Waals surface area contributed by atoms with Crippen molar-refractivity contribution in [3.8, 4) is 5.88 Å². The molecule has 0 saturated heterocycles. The molecule has 0 saturated carbocycles. The Kier molecular flexibility index (Phi) is 6.52. The van der Waals surface area contributed by atoms with Crippen LogP contribution in [0.1, 0.15) is 5.56 Å². The average molecular weight is 327 g/mol. The summed E-state index contributed by atoms with van der Waals surface area (Å²) in [5, 5.41) is 10.9. The van der Waals surface area contributed by atoms with Crippen molar-refractivity contribution < 1.29 is 4.74 Å². The van der Waals surface area contributed by atoms with Crippen LogP contribution in [0.15, 0.2) is 29.0 Å². The first-order valence-electron chi connectivity index (χ1n) is 5.90. The first-order valence-corrected chi connectivity index (χ1v) is 6.69. The third-order valence-electron chi connectivity index (χ3n) is 2.32. The predicted octanol–water partition coefficient (Wildman–Crippen LogP) is 1.85. The zero-order valence-electron chi connectivity index (χ0n) is 11.4. The number of aromatic nitrogens is 1. The SMILES string of the molecule is CN/C=C(/Br)C(=N)c1ccnc(OCCN(C)C)c1. The normalized spacial score (nSPS) is 11.5. The molecule has 0 aliphatic carbocycles. The Bertz CT molecular complexity index is 460. The molecule has 0 atom stereocenters. The van der Waals surface area contributed by atoms with Gasteiger partial charge in [0.2, 0.25) is 5.88 Å². The number of pyridine rings is 1. The van der Waals surface area contributed by atoms with Gasteiger partial charge in [0.25, 0.3) is 0 Å². The van der Waals surface area contributed by atoms with Gasteiger partial charge in [-0.2, -0.15) is 0 Å². The number of halogens is 1. The molecule has 1 heterocycles. The Morgan fingerprint density at radius 2 is 2.32 bits per heavy atom. The van der Waals surface area contributed by atoms with Gasteiger partial charge in [0.1, 0.15) is 6.61 Å². The van der Waals surface area contributed by atoms with Gasteiger partial charge in [0, 0.05) is 37.6 Å². The minimum atomic E-state index is 0.384. The summed E-state index contributed by atoms with van der Waals surface area (Å²) < 4.78 is 6.23. The molecule has 5 nitrogen and oxygen atoms in total. The van der Waals surface area contributed by atoms with Crippen molar-refractivity contribution >= 4 is 21.6 Å². The summed E-state index contributed by atoms with van der Waals surface area (Å²) in [7, 11) is 5.77. The highest BCUT2D eigenvalue weighted by Crippen LogP contribution is 2.16. The van der Waals surface area contributed by atoms with Crippen LogP contribution >= 0.6 is 15.9 Å². The third kappa shape index (κ3) is 5.40. The van der Waals surface area contributed by atoms with Gasteiger partial charge in [-0.15, -0.1) is 0 Å². The molecule has 1 aromatic rings. The lowest BCUT2D eigenvalue weighted by Gasteiger charge is -2.11. The van der Waals surface area contributed by atoms with Crippen LogP contribution in [-0.2, 0) is 0 Å². The van der Waals surface area contributed by atoms with Crippen molar-refractivity contribution in [1.29, 1.82) is 5.41 Å². The number of hydrogen-bond acceptors (Lipinski definition) is 5. The van der Waals surface area contributed by atoms with Crippen LogP contribution in [0.2, 0.25) is 0 Å². The highest BCUT2D eigenvalue weighted by atomic mass is 79.9. The molecule has 2 N–H and O–H groups in total. The molecule has 19 heavy (non-hydrogen) atoms. The lowest BCUT2D eigenvalue weighted by atomic mass is 10.1. The molecule has 0 bridgehead atoms. The maximum atomic E-state index is 8.03. The lowest BCUT2D eigenvalue weighted by Crippen LogP contribution is -2.19. The molecular formula is C13H19BrN4O. The summed E-state index contributed by atoms with van der Waals surface area (Å²) in [6.45, 7) is 1.40. The van der Waals surface area contributed by atoms with E-state index in [9.17, 15) is 0 Å². The van der Waals surface area contributed by atoms with E-state index in [-0.39, 0.29) is 0 Å². The summed E-state index contributed by atoms with van der Waals surface area (Å²) in [6, 6.07) is 3.55. The van der Waals surface area contributed by atoms with Crippen molar-refractivity contribution in [2.24, 2.45) is 0 Å². The topological polar surface area (TPSA) is 61.2 Å². The third-order valence-corrected chi connectivity index (χ3v) is 2.95. The molecule has 1 aromatic heterocycles. The second kappa shape index (κ2) is 7.91. The van der Waals surface area contributed by atoms with Gasteiger partial charge in [-0.05, 0) is 36.1 Å². The average Bonchev–Trinajstić information content (AvgIpc) is 2.38. The minimum Gasteiger partial charge on any atom is -0.476 e. The Hall–Kier alpha value is -1.40. The maximum Gasteiger partial charge on any atom is 0.213 e. The van der Waals surface area contributed by atoms with E-state index in [1.54, 1.807) is 31.6 Å². The maximum absolute atomic E-state index is 8.03. The molecule has 1 rings (SSSR count). The van der Waals surface area contributed by atoms with E-state index in [2.05, 4.69) is 26.2 Å². The van der Waals surface area contributed by atoms with Gasteiger partial charge in [-0.1, -0.05) is 0 Å². The summed E-state index contributed by atoms with van der Waals surface area (Å²) in [5.74, 6) is 0.536. The Morgan fingerprint density at radius 1 is 1.58 bits per heavy atom. The van der Waals surface area contributed by atoms with E-state index >= 15 is 0 Å².